The quantitative estimate of drug-likeness (QED) is 0.293. The third kappa shape index (κ3) is 9.96. The monoisotopic (exact) mass is 361 g/mol. The molecule has 2 atom stereocenters. The van der Waals surface area contributed by atoms with Crippen LogP contribution in [-0.2, 0) is 18.9 Å². The maximum Gasteiger partial charge on any atom is 0.112 e. The zero-order chi connectivity index (χ0) is 16.8. The molecule has 0 spiro atoms. The summed E-state index contributed by atoms with van der Waals surface area (Å²) < 4.78 is 25.7. The Bertz CT molecular complexity index is 315. The Morgan fingerprint density at radius 3 is 1.57 bits per heavy atom. The first-order valence-corrected chi connectivity index (χ1v) is 15.5. The summed E-state index contributed by atoms with van der Waals surface area (Å²) in [5, 5.41) is 0. The van der Waals surface area contributed by atoms with Crippen LogP contribution in [0.5, 0.6) is 0 Å². The van der Waals surface area contributed by atoms with Crippen LogP contribution in [0, 0.1) is 0 Å². The number of nitrogens with one attached hydrogen (secondary N) is 1. The molecule has 0 aromatic carbocycles. The molecule has 0 radical (unpaired) electrons. The molecule has 0 aromatic heterocycles. The second kappa shape index (κ2) is 9.08. The number of ether oxygens (including phenoxy) is 4. The third-order valence-electron chi connectivity index (χ3n) is 4.27. The summed E-state index contributed by atoms with van der Waals surface area (Å²) in [6.07, 6.45) is 3.10. The van der Waals surface area contributed by atoms with Gasteiger partial charge in [-0.1, -0.05) is 26.2 Å². The van der Waals surface area contributed by atoms with E-state index in [1.54, 1.807) is 0 Å². The molecule has 2 rings (SSSR count). The Labute approximate surface area is 143 Å². The van der Waals surface area contributed by atoms with Gasteiger partial charge in [0.05, 0.1) is 26.4 Å². The number of epoxide rings is 2. The van der Waals surface area contributed by atoms with Crippen molar-refractivity contribution in [1.29, 1.82) is 0 Å². The average molecular weight is 362 g/mol. The standard InChI is InChI=1S/C16H35NO4Si2/c1-22(2,9-5-7-18-11-15-13-20-15)17-23(3,4)10-6-8-19-12-16-14-21-16/h15-17H,5-14H2,1-4H3. The van der Waals surface area contributed by atoms with Crippen molar-refractivity contribution in [2.75, 3.05) is 39.6 Å². The minimum Gasteiger partial charge on any atom is -0.379 e. The van der Waals surface area contributed by atoms with E-state index < -0.39 is 16.5 Å². The molecular weight excluding hydrogens is 326 g/mol. The van der Waals surface area contributed by atoms with Crippen LogP contribution in [0.1, 0.15) is 12.8 Å². The fraction of sp³-hybridized carbons (Fsp3) is 1.00. The van der Waals surface area contributed by atoms with E-state index in [0.717, 1.165) is 52.5 Å². The molecule has 0 saturated carbocycles. The van der Waals surface area contributed by atoms with Gasteiger partial charge in [-0.3, -0.25) is 0 Å². The first kappa shape index (κ1) is 19.6. The normalized spacial score (nSPS) is 24.0. The van der Waals surface area contributed by atoms with Gasteiger partial charge in [-0.05, 0) is 24.9 Å². The number of hydrogen-bond acceptors (Lipinski definition) is 5. The van der Waals surface area contributed by atoms with Crippen molar-refractivity contribution in [3.63, 3.8) is 0 Å². The molecule has 2 saturated heterocycles. The first-order valence-electron chi connectivity index (χ1n) is 9.04. The molecule has 1 N–H and O–H groups in total. The third-order valence-corrected chi connectivity index (χ3v) is 12.9. The minimum absolute atomic E-state index is 0.387. The molecule has 7 heteroatoms. The molecule has 0 aromatic rings. The van der Waals surface area contributed by atoms with Crippen LogP contribution in [-0.4, -0.2) is 68.3 Å². The van der Waals surface area contributed by atoms with Gasteiger partial charge in [0.2, 0.25) is 0 Å². The van der Waals surface area contributed by atoms with Gasteiger partial charge in [-0.15, -0.1) is 0 Å². The van der Waals surface area contributed by atoms with Crippen molar-refractivity contribution in [2.45, 2.75) is 63.3 Å². The lowest BCUT2D eigenvalue weighted by atomic mass is 10.5. The Balaban J connectivity index is 1.50. The van der Waals surface area contributed by atoms with Crippen LogP contribution >= 0.6 is 0 Å². The van der Waals surface area contributed by atoms with E-state index in [9.17, 15) is 0 Å². The highest BCUT2D eigenvalue weighted by Gasteiger charge is 2.30. The number of rotatable bonds is 14. The van der Waals surface area contributed by atoms with Crippen LogP contribution in [0.3, 0.4) is 0 Å². The van der Waals surface area contributed by atoms with Crippen molar-refractivity contribution in [1.82, 2.24) is 4.65 Å². The van der Waals surface area contributed by atoms with Gasteiger partial charge in [0.1, 0.15) is 28.7 Å². The topological polar surface area (TPSA) is 55.5 Å². The molecule has 0 aliphatic carbocycles. The van der Waals surface area contributed by atoms with E-state index in [1.807, 2.05) is 0 Å². The molecule has 0 amide bonds. The fourth-order valence-electron chi connectivity index (χ4n) is 3.03. The maximum atomic E-state index is 5.65. The highest BCUT2D eigenvalue weighted by atomic mass is 28.4. The second-order valence-corrected chi connectivity index (χ2v) is 17.7. The molecule has 23 heavy (non-hydrogen) atoms. The fourth-order valence-corrected chi connectivity index (χ4v) is 13.4. The van der Waals surface area contributed by atoms with Gasteiger partial charge < -0.3 is 23.6 Å². The molecule has 136 valence electrons. The van der Waals surface area contributed by atoms with E-state index >= 15 is 0 Å². The van der Waals surface area contributed by atoms with E-state index in [1.165, 1.54) is 12.1 Å². The second-order valence-electron chi connectivity index (χ2n) is 8.16. The summed E-state index contributed by atoms with van der Waals surface area (Å²) in [5.41, 5.74) is 0. The summed E-state index contributed by atoms with van der Waals surface area (Å²) in [5.74, 6) is 0. The van der Waals surface area contributed by atoms with E-state index in [2.05, 4.69) is 30.8 Å². The van der Waals surface area contributed by atoms with Crippen molar-refractivity contribution in [3.8, 4) is 0 Å². The van der Waals surface area contributed by atoms with Crippen molar-refractivity contribution < 1.29 is 18.9 Å². The van der Waals surface area contributed by atoms with Gasteiger partial charge in [0.15, 0.2) is 0 Å². The first-order chi connectivity index (χ1) is 10.9. The van der Waals surface area contributed by atoms with E-state index in [4.69, 9.17) is 18.9 Å². The highest BCUT2D eigenvalue weighted by Crippen LogP contribution is 2.17. The van der Waals surface area contributed by atoms with Crippen LogP contribution in [0.25, 0.3) is 0 Å². The molecule has 2 fully saturated rings. The lowest BCUT2D eigenvalue weighted by molar-refractivity contribution is 0.116. The van der Waals surface area contributed by atoms with Crippen molar-refractivity contribution >= 4 is 16.5 Å². The van der Waals surface area contributed by atoms with E-state index in [-0.39, 0.29) is 0 Å². The lowest BCUT2D eigenvalue weighted by Gasteiger charge is -2.35. The van der Waals surface area contributed by atoms with Crippen LogP contribution < -0.4 is 4.65 Å². The van der Waals surface area contributed by atoms with Crippen LogP contribution in [0.4, 0.5) is 0 Å². The van der Waals surface area contributed by atoms with Gasteiger partial charge in [0.25, 0.3) is 0 Å². The van der Waals surface area contributed by atoms with Crippen molar-refractivity contribution in [2.24, 2.45) is 0 Å². The van der Waals surface area contributed by atoms with E-state index in [0.29, 0.717) is 12.2 Å². The predicted octanol–water partition coefficient (Wildman–Crippen LogP) is 2.60. The zero-order valence-corrected chi connectivity index (χ0v) is 17.4. The summed E-state index contributed by atoms with van der Waals surface area (Å²) in [7, 11) is -2.67. The highest BCUT2D eigenvalue weighted by molar-refractivity contribution is 6.91. The Morgan fingerprint density at radius 2 is 1.22 bits per heavy atom. The van der Waals surface area contributed by atoms with Crippen LogP contribution in [0.2, 0.25) is 38.3 Å². The van der Waals surface area contributed by atoms with Gasteiger partial charge >= 0.3 is 0 Å². The Morgan fingerprint density at radius 1 is 0.826 bits per heavy atom. The van der Waals surface area contributed by atoms with Gasteiger partial charge in [-0.2, -0.15) is 0 Å². The summed E-state index contributed by atoms with van der Waals surface area (Å²) in [4.78, 5) is 0. The Hall–Kier alpha value is 0.234. The SMILES string of the molecule is C[Si](C)(CCCOCC1CO1)N[Si](C)(C)CCCOCC1CO1. The summed E-state index contributed by atoms with van der Waals surface area (Å²) in [6, 6.07) is 2.56. The smallest absolute Gasteiger partial charge is 0.112 e. The Kier molecular flexibility index (Phi) is 7.72. The zero-order valence-electron chi connectivity index (χ0n) is 15.4. The molecule has 5 nitrogen and oxygen atoms in total. The number of hydrogen-bond donors (Lipinski definition) is 1. The molecule has 2 heterocycles. The van der Waals surface area contributed by atoms with Gasteiger partial charge in [0, 0.05) is 13.2 Å². The molecule has 2 aliphatic heterocycles. The van der Waals surface area contributed by atoms with Crippen LogP contribution in [0.15, 0.2) is 0 Å². The largest absolute Gasteiger partial charge is 0.379 e. The molecule has 2 aliphatic rings. The maximum absolute atomic E-state index is 5.65. The predicted molar refractivity (Wildman–Crippen MR) is 98.1 cm³/mol. The van der Waals surface area contributed by atoms with Gasteiger partial charge in [-0.25, -0.2) is 0 Å². The molecular formula is C16H35NO4Si2. The summed E-state index contributed by atoms with van der Waals surface area (Å²) >= 11 is 0. The van der Waals surface area contributed by atoms with Crippen molar-refractivity contribution in [3.05, 3.63) is 0 Å². The molecule has 0 bridgehead atoms. The lowest BCUT2D eigenvalue weighted by Crippen LogP contribution is -2.58. The minimum atomic E-state index is -1.34. The summed E-state index contributed by atoms with van der Waals surface area (Å²) in [6.45, 7) is 14.9. The molecule has 2 unspecified atom stereocenters. The average Bonchev–Trinajstić information content (AvgIpc) is 3.31.